The van der Waals surface area contributed by atoms with Crippen molar-refractivity contribution in [2.24, 2.45) is 0 Å². The smallest absolute Gasteiger partial charge is 0.293 e. The first-order valence-electron chi connectivity index (χ1n) is 8.88. The van der Waals surface area contributed by atoms with E-state index in [1.807, 2.05) is 17.8 Å². The zero-order valence-electron chi connectivity index (χ0n) is 15.2. The summed E-state index contributed by atoms with van der Waals surface area (Å²) in [7, 11) is -1.59. The number of hydrogen-bond donors (Lipinski definition) is 0. The molecular formula is C20H31O3Si. The Morgan fingerprint density at radius 1 is 1.04 bits per heavy atom. The van der Waals surface area contributed by atoms with E-state index in [0.29, 0.717) is 12.2 Å². The van der Waals surface area contributed by atoms with Crippen LogP contribution in [0, 0.1) is 6.92 Å². The first kappa shape index (κ1) is 20.7. The number of carbonyl (C=O) groups is 1. The van der Waals surface area contributed by atoms with Crippen LogP contribution in [0.25, 0.3) is 0 Å². The first-order valence-corrected chi connectivity index (χ1v) is 12.0. The molecule has 0 unspecified atom stereocenters. The average molecular weight is 348 g/mol. The summed E-state index contributed by atoms with van der Waals surface area (Å²) in [6.45, 7) is 12.6. The molecule has 0 heterocycles. The summed E-state index contributed by atoms with van der Waals surface area (Å²) in [5, 5.41) is 1.24. The molecule has 0 saturated heterocycles. The van der Waals surface area contributed by atoms with E-state index in [-0.39, 0.29) is 0 Å². The zero-order chi connectivity index (χ0) is 17.8. The lowest BCUT2D eigenvalue weighted by atomic mass is 10.1. The fraction of sp³-hybridized carbons (Fsp3) is 0.500. The molecule has 0 bridgehead atoms. The van der Waals surface area contributed by atoms with Crippen LogP contribution in [0.4, 0.5) is 0 Å². The van der Waals surface area contributed by atoms with Crippen LogP contribution in [0.5, 0.6) is 0 Å². The van der Waals surface area contributed by atoms with Crippen molar-refractivity contribution in [2.75, 3.05) is 6.61 Å². The highest BCUT2D eigenvalue weighted by atomic mass is 28.3. The molecule has 0 saturated carbocycles. The molecule has 0 amide bonds. The lowest BCUT2D eigenvalue weighted by Gasteiger charge is -2.17. The Morgan fingerprint density at radius 3 is 2.21 bits per heavy atom. The zero-order valence-corrected chi connectivity index (χ0v) is 16.2. The molecule has 0 N–H and O–H groups in total. The summed E-state index contributed by atoms with van der Waals surface area (Å²) in [4.78, 5) is 21.8. The van der Waals surface area contributed by atoms with Crippen LogP contribution in [0.2, 0.25) is 13.1 Å². The van der Waals surface area contributed by atoms with Crippen LogP contribution in [0.15, 0.2) is 36.5 Å². The number of unbranched alkanes of at least 4 members (excludes halogenated alkanes) is 6. The van der Waals surface area contributed by atoms with E-state index in [9.17, 15) is 4.79 Å². The summed E-state index contributed by atoms with van der Waals surface area (Å²) in [6, 6.07) is 7.55. The quantitative estimate of drug-likeness (QED) is 0.231. The van der Waals surface area contributed by atoms with Crippen molar-refractivity contribution in [3.8, 4) is 0 Å². The highest BCUT2D eigenvalue weighted by Gasteiger charge is 2.19. The van der Waals surface area contributed by atoms with E-state index < -0.39 is 14.0 Å². The second-order valence-corrected chi connectivity index (χ2v) is 11.1. The van der Waals surface area contributed by atoms with Gasteiger partial charge in [0.2, 0.25) is 0 Å². The molecule has 0 aromatic heterocycles. The largest absolute Gasteiger partial charge is 0.373 e. The van der Waals surface area contributed by atoms with Crippen molar-refractivity contribution in [3.05, 3.63) is 49.0 Å². The van der Waals surface area contributed by atoms with Crippen molar-refractivity contribution in [1.29, 1.82) is 0 Å². The number of rotatable bonds is 12. The minimum atomic E-state index is -1.59. The second kappa shape index (κ2) is 11.2. The van der Waals surface area contributed by atoms with Crippen LogP contribution in [-0.2, 0) is 9.78 Å². The molecule has 24 heavy (non-hydrogen) atoms. The normalized spacial score (nSPS) is 11.3. The second-order valence-electron chi connectivity index (χ2n) is 6.67. The highest BCUT2D eigenvalue weighted by molar-refractivity contribution is 6.93. The maximum absolute atomic E-state index is 11.9. The minimum Gasteiger partial charge on any atom is -0.293 e. The van der Waals surface area contributed by atoms with E-state index in [1.54, 1.807) is 12.1 Å². The minimum absolute atomic E-state index is 0.435. The summed E-state index contributed by atoms with van der Waals surface area (Å²) in [5.41, 5.74) is 2.54. The van der Waals surface area contributed by atoms with Gasteiger partial charge in [-0.15, -0.1) is 6.58 Å². The molecule has 0 aliphatic heterocycles. The standard InChI is InChI=1S/C20H31O3Si/c1-5-7-8-9-10-11-12-17-22-23-20(21)18-13-15-19(16-14-18)24(3,4)6-2/h6,13-16H,1-2,5,7-12,17H2,3-4H3. The monoisotopic (exact) mass is 347 g/mol. The molecule has 4 heteroatoms. The highest BCUT2D eigenvalue weighted by Crippen LogP contribution is 2.09. The molecule has 1 radical (unpaired) electrons. The molecule has 133 valence electrons. The first-order chi connectivity index (χ1) is 11.5. The molecule has 1 aromatic carbocycles. The number of hydrogen-bond acceptors (Lipinski definition) is 3. The Labute approximate surface area is 148 Å². The van der Waals surface area contributed by atoms with Gasteiger partial charge in [-0.2, -0.15) is 4.89 Å². The lowest BCUT2D eigenvalue weighted by Crippen LogP contribution is -2.39. The summed E-state index contributed by atoms with van der Waals surface area (Å²) in [6.07, 6.45) is 7.93. The number of carbonyl (C=O) groups excluding carboxylic acids is 1. The SMILES string of the molecule is [CH2]CCCCCCCCOOC(=O)c1ccc([Si](C)(C)C=C)cc1. The van der Waals surface area contributed by atoms with Crippen molar-refractivity contribution < 1.29 is 14.6 Å². The third kappa shape index (κ3) is 7.45. The van der Waals surface area contributed by atoms with Gasteiger partial charge in [-0.3, -0.25) is 4.89 Å². The van der Waals surface area contributed by atoms with E-state index in [0.717, 1.165) is 19.3 Å². The fourth-order valence-electron chi connectivity index (χ4n) is 2.34. The lowest BCUT2D eigenvalue weighted by molar-refractivity contribution is -0.241. The predicted octanol–water partition coefficient (Wildman–Crippen LogP) is 4.98. The maximum atomic E-state index is 11.9. The Morgan fingerprint density at radius 2 is 1.62 bits per heavy atom. The predicted molar refractivity (Wildman–Crippen MR) is 103 cm³/mol. The van der Waals surface area contributed by atoms with Crippen molar-refractivity contribution in [3.63, 3.8) is 0 Å². The van der Waals surface area contributed by atoms with Crippen molar-refractivity contribution >= 4 is 19.2 Å². The molecule has 1 aromatic rings. The molecule has 0 fully saturated rings. The molecule has 0 atom stereocenters. The van der Waals surface area contributed by atoms with E-state index in [1.165, 1.54) is 30.9 Å². The Bertz CT molecular complexity index is 494. The van der Waals surface area contributed by atoms with Gasteiger partial charge in [-0.1, -0.05) is 81.6 Å². The van der Waals surface area contributed by atoms with Gasteiger partial charge in [-0.05, 0) is 18.6 Å². The van der Waals surface area contributed by atoms with Crippen LogP contribution in [-0.4, -0.2) is 20.7 Å². The van der Waals surface area contributed by atoms with Gasteiger partial charge in [0, 0.05) is 0 Å². The topological polar surface area (TPSA) is 35.5 Å². The van der Waals surface area contributed by atoms with E-state index in [4.69, 9.17) is 9.78 Å². The average Bonchev–Trinajstić information content (AvgIpc) is 2.60. The van der Waals surface area contributed by atoms with Gasteiger partial charge in [0.05, 0.1) is 12.2 Å². The summed E-state index contributed by atoms with van der Waals surface area (Å²) in [5.74, 6) is -0.435. The van der Waals surface area contributed by atoms with Gasteiger partial charge in [0.1, 0.15) is 8.07 Å². The van der Waals surface area contributed by atoms with Gasteiger partial charge < -0.3 is 0 Å². The van der Waals surface area contributed by atoms with Crippen LogP contribution in [0.1, 0.15) is 55.3 Å². The molecule has 0 aliphatic rings. The van der Waals surface area contributed by atoms with Crippen LogP contribution in [0.3, 0.4) is 0 Å². The third-order valence-corrected chi connectivity index (χ3v) is 7.08. The van der Waals surface area contributed by atoms with Crippen LogP contribution < -0.4 is 5.19 Å². The Kier molecular flexibility index (Phi) is 9.65. The Hall–Kier alpha value is -1.39. The maximum Gasteiger partial charge on any atom is 0.373 e. The summed E-state index contributed by atoms with van der Waals surface area (Å²) < 4.78 is 0. The van der Waals surface area contributed by atoms with Gasteiger partial charge in [-0.25, -0.2) is 4.79 Å². The van der Waals surface area contributed by atoms with Crippen molar-refractivity contribution in [1.82, 2.24) is 0 Å². The third-order valence-electron chi connectivity index (χ3n) is 4.24. The number of benzene rings is 1. The molecule has 0 spiro atoms. The van der Waals surface area contributed by atoms with Crippen molar-refractivity contribution in [2.45, 2.75) is 58.0 Å². The molecule has 3 nitrogen and oxygen atoms in total. The van der Waals surface area contributed by atoms with E-state index in [2.05, 4.69) is 26.6 Å². The van der Waals surface area contributed by atoms with Gasteiger partial charge in [0.15, 0.2) is 0 Å². The fourth-order valence-corrected chi connectivity index (χ4v) is 3.60. The van der Waals surface area contributed by atoms with Crippen LogP contribution >= 0.6 is 0 Å². The molecule has 0 aliphatic carbocycles. The molecular weight excluding hydrogens is 316 g/mol. The molecule has 1 rings (SSSR count). The van der Waals surface area contributed by atoms with Gasteiger partial charge in [0.25, 0.3) is 0 Å². The summed E-state index contributed by atoms with van der Waals surface area (Å²) >= 11 is 0. The van der Waals surface area contributed by atoms with Gasteiger partial charge >= 0.3 is 5.97 Å². The Balaban J connectivity index is 2.23. The van der Waals surface area contributed by atoms with E-state index >= 15 is 0 Å².